The Balaban J connectivity index is 0.945. The van der Waals surface area contributed by atoms with E-state index >= 15 is 0 Å². The summed E-state index contributed by atoms with van der Waals surface area (Å²) in [4.78, 5) is 2.73. The van der Waals surface area contributed by atoms with Gasteiger partial charge >= 0.3 is 0 Å². The van der Waals surface area contributed by atoms with Gasteiger partial charge in [0.1, 0.15) is 0 Å². The minimum atomic E-state index is 0.314. The quantitative estimate of drug-likeness (QED) is 0.192. The summed E-state index contributed by atoms with van der Waals surface area (Å²) >= 11 is 0. The van der Waals surface area contributed by atoms with Crippen LogP contribution in [0.3, 0.4) is 0 Å². The van der Waals surface area contributed by atoms with Gasteiger partial charge in [0.15, 0.2) is 0 Å². The third-order valence-corrected chi connectivity index (χ3v) is 13.3. The Kier molecular flexibility index (Phi) is 8.38. The van der Waals surface area contributed by atoms with Crippen LogP contribution in [0.25, 0.3) is 27.5 Å². The van der Waals surface area contributed by atoms with Gasteiger partial charge in [-0.25, -0.2) is 0 Å². The van der Waals surface area contributed by atoms with Crippen molar-refractivity contribution in [2.24, 2.45) is 17.8 Å². The summed E-state index contributed by atoms with van der Waals surface area (Å²) in [5, 5.41) is 2.65. The second-order valence-corrected chi connectivity index (χ2v) is 16.6. The molecular formula is C54H48N2. The fourth-order valence-electron chi connectivity index (χ4n) is 10.6. The van der Waals surface area contributed by atoms with Crippen LogP contribution in [0, 0.1) is 17.8 Å². The van der Waals surface area contributed by atoms with Gasteiger partial charge in [-0.15, -0.1) is 0 Å². The highest BCUT2D eigenvalue weighted by atomic mass is 15.2. The Hall–Kier alpha value is -5.86. The van der Waals surface area contributed by atoms with E-state index in [2.05, 4.69) is 192 Å². The molecule has 2 nitrogen and oxygen atoms in total. The molecule has 0 fully saturated rings. The highest BCUT2D eigenvalue weighted by molar-refractivity contribution is 6.09. The van der Waals surface area contributed by atoms with Crippen LogP contribution in [0.15, 0.2) is 210 Å². The lowest BCUT2D eigenvalue weighted by Gasteiger charge is -2.37. The van der Waals surface area contributed by atoms with E-state index in [9.17, 15) is 0 Å². The molecule has 274 valence electrons. The topological polar surface area (TPSA) is 8.17 Å². The Morgan fingerprint density at radius 2 is 1.43 bits per heavy atom. The predicted molar refractivity (Wildman–Crippen MR) is 234 cm³/mol. The molecule has 6 aliphatic carbocycles. The maximum atomic E-state index is 2.73. The molecule has 1 aromatic heterocycles. The van der Waals surface area contributed by atoms with E-state index in [4.69, 9.17) is 0 Å². The molecule has 0 N–H and O–H groups in total. The molecule has 0 amide bonds. The molecule has 0 spiro atoms. The van der Waals surface area contributed by atoms with Crippen molar-refractivity contribution >= 4 is 21.8 Å². The van der Waals surface area contributed by atoms with Gasteiger partial charge < -0.3 is 9.47 Å². The number of rotatable bonds is 6. The first-order chi connectivity index (χ1) is 27.8. The molecule has 0 bridgehead atoms. The Morgan fingerprint density at radius 1 is 0.571 bits per heavy atom. The van der Waals surface area contributed by atoms with Gasteiger partial charge in [0.05, 0.1) is 17.1 Å². The van der Waals surface area contributed by atoms with Gasteiger partial charge in [0.25, 0.3) is 0 Å². The molecule has 0 saturated heterocycles. The number of benzene rings is 3. The third-order valence-electron chi connectivity index (χ3n) is 13.3. The number of hydrogen-bond acceptors (Lipinski definition) is 1. The molecule has 11 rings (SSSR count). The summed E-state index contributed by atoms with van der Waals surface area (Å²) in [6, 6.07) is 25.7. The average Bonchev–Trinajstić information content (AvgIpc) is 3.79. The molecule has 0 radical (unpaired) electrons. The van der Waals surface area contributed by atoms with Crippen molar-refractivity contribution in [3.8, 4) is 5.69 Å². The highest BCUT2D eigenvalue weighted by Crippen LogP contribution is 2.50. The predicted octanol–water partition coefficient (Wildman–Crippen LogP) is 13.3. The molecule has 2 heteroatoms. The van der Waals surface area contributed by atoms with Crippen molar-refractivity contribution in [1.82, 2.24) is 9.47 Å². The van der Waals surface area contributed by atoms with E-state index in [1.54, 1.807) is 5.57 Å². The number of hydrogen-bond donors (Lipinski definition) is 0. The lowest BCUT2D eigenvalue weighted by Crippen LogP contribution is -2.34. The largest absolute Gasteiger partial charge is 0.337 e. The van der Waals surface area contributed by atoms with Gasteiger partial charge in [0, 0.05) is 45.6 Å². The van der Waals surface area contributed by atoms with E-state index in [0.717, 1.165) is 38.5 Å². The number of nitrogens with zero attached hydrogens (tertiary/aromatic N) is 2. The number of aromatic nitrogens is 1. The monoisotopic (exact) mass is 724 g/mol. The highest BCUT2D eigenvalue weighted by Gasteiger charge is 2.42. The zero-order valence-corrected chi connectivity index (χ0v) is 31.9. The molecule has 6 unspecified atom stereocenters. The minimum absolute atomic E-state index is 0.314. The second-order valence-electron chi connectivity index (χ2n) is 16.6. The van der Waals surface area contributed by atoms with Crippen molar-refractivity contribution in [3.63, 3.8) is 0 Å². The Labute approximate surface area is 331 Å². The van der Waals surface area contributed by atoms with Crippen LogP contribution in [-0.4, -0.2) is 15.5 Å². The van der Waals surface area contributed by atoms with Crippen molar-refractivity contribution in [2.45, 2.75) is 56.4 Å². The number of fused-ring (bicyclic) bond motifs is 5. The first-order valence-corrected chi connectivity index (χ1v) is 20.9. The van der Waals surface area contributed by atoms with E-state index in [1.807, 2.05) is 0 Å². The van der Waals surface area contributed by atoms with Crippen LogP contribution in [-0.2, 0) is 0 Å². The molecule has 56 heavy (non-hydrogen) atoms. The minimum Gasteiger partial charge on any atom is -0.337 e. The van der Waals surface area contributed by atoms with Crippen LogP contribution >= 0.6 is 0 Å². The maximum absolute atomic E-state index is 2.73. The van der Waals surface area contributed by atoms with Crippen molar-refractivity contribution in [3.05, 3.63) is 221 Å². The smallest absolute Gasteiger partial charge is 0.0623 e. The summed E-state index contributed by atoms with van der Waals surface area (Å²) in [5.41, 5.74) is 13.8. The SMILES string of the molecule is C1=CCC(c2cccc(-n3c4ccccc4c4cc(C5C=CC6=C(C5)C5C=CC=CC5N6C5=CC(C6=CCCC=C6)=CC(C6C=CC=CC6)C5)ccc43)c2)C=C1. The summed E-state index contributed by atoms with van der Waals surface area (Å²) in [6.45, 7) is 0. The van der Waals surface area contributed by atoms with Gasteiger partial charge in [-0.2, -0.15) is 0 Å². The van der Waals surface area contributed by atoms with E-state index < -0.39 is 0 Å². The van der Waals surface area contributed by atoms with Crippen molar-refractivity contribution in [2.75, 3.05) is 0 Å². The first kappa shape index (κ1) is 33.5. The van der Waals surface area contributed by atoms with Crippen LogP contribution in [0.4, 0.5) is 0 Å². The second kappa shape index (κ2) is 14.0. The van der Waals surface area contributed by atoms with Gasteiger partial charge in [-0.05, 0) is 121 Å². The standard InChI is InChI=1S/C54H48N2/c1-4-15-37(16-5-1)40-21-14-22-45(32-40)55-51-25-12-10-23-47(51)49-35-41(27-29-53(49)55)42-28-30-54-50(36-42)48-24-11-13-26-52(48)56(54)46-33-43(38-17-6-2-7-18-38)31-44(34-46)39-19-8-3-9-20-39/h1-2,4-8,10-15,17,19-32,34-35,37-38,42-43,48,52H,3,9,16,18,33,36H2. The summed E-state index contributed by atoms with van der Waals surface area (Å²) in [7, 11) is 0. The lowest BCUT2D eigenvalue weighted by molar-refractivity contribution is 0.330. The molecule has 1 aliphatic heterocycles. The fourth-order valence-corrected chi connectivity index (χ4v) is 10.6. The van der Waals surface area contributed by atoms with Crippen LogP contribution in [0.2, 0.25) is 0 Å². The maximum Gasteiger partial charge on any atom is 0.0623 e. The van der Waals surface area contributed by atoms with Gasteiger partial charge in [0.2, 0.25) is 0 Å². The Bertz CT molecular complexity index is 2630. The van der Waals surface area contributed by atoms with E-state index in [-0.39, 0.29) is 0 Å². The zero-order chi connectivity index (χ0) is 37.0. The summed E-state index contributed by atoms with van der Waals surface area (Å²) < 4.78 is 2.47. The molecule has 4 aromatic rings. The number of allylic oxidation sites excluding steroid dienone is 20. The van der Waals surface area contributed by atoms with Crippen molar-refractivity contribution in [1.29, 1.82) is 0 Å². The summed E-state index contributed by atoms with van der Waals surface area (Å²) in [5.74, 6) is 2.14. The van der Waals surface area contributed by atoms with Gasteiger partial charge in [-0.1, -0.05) is 140 Å². The molecule has 6 atom stereocenters. The first-order valence-electron chi connectivity index (χ1n) is 20.9. The third kappa shape index (κ3) is 5.77. The zero-order valence-electron chi connectivity index (χ0n) is 31.9. The van der Waals surface area contributed by atoms with Crippen LogP contribution in [0.5, 0.6) is 0 Å². The molecule has 3 aromatic carbocycles. The molecule has 0 saturated carbocycles. The fraction of sp³-hybridized carbons (Fsp3) is 0.222. The molecular weight excluding hydrogens is 677 g/mol. The Morgan fingerprint density at radius 3 is 2.30 bits per heavy atom. The van der Waals surface area contributed by atoms with E-state index in [1.165, 1.54) is 61.2 Å². The van der Waals surface area contributed by atoms with Crippen LogP contribution < -0.4 is 0 Å². The summed E-state index contributed by atoms with van der Waals surface area (Å²) in [6.07, 6.45) is 51.5. The van der Waals surface area contributed by atoms with Crippen molar-refractivity contribution < 1.29 is 0 Å². The average molecular weight is 725 g/mol. The van der Waals surface area contributed by atoms with E-state index in [0.29, 0.717) is 35.6 Å². The normalized spacial score (nSPS) is 27.6. The van der Waals surface area contributed by atoms with Gasteiger partial charge in [-0.3, -0.25) is 0 Å². The lowest BCUT2D eigenvalue weighted by atomic mass is 9.78. The molecule has 2 heterocycles. The number of para-hydroxylation sites is 1. The molecule has 7 aliphatic rings. The van der Waals surface area contributed by atoms with Crippen LogP contribution in [0.1, 0.15) is 61.5 Å².